The number of amides is 2. The van der Waals surface area contributed by atoms with E-state index in [0.29, 0.717) is 29.4 Å². The van der Waals surface area contributed by atoms with Crippen LogP contribution in [0, 0.1) is 25.2 Å². The van der Waals surface area contributed by atoms with Gasteiger partial charge in [-0.25, -0.2) is 0 Å². The molecule has 2 saturated carbocycles. The van der Waals surface area contributed by atoms with Gasteiger partial charge in [0.2, 0.25) is 5.91 Å². The van der Waals surface area contributed by atoms with Crippen molar-refractivity contribution in [3.8, 4) is 0 Å². The van der Waals surface area contributed by atoms with Gasteiger partial charge in [0.15, 0.2) is 0 Å². The standard InChI is InChI=1S/C22H27ClN2O2/c1-13-7-19(23)14(2)6-18(13)21(27)25-12-16-8-17(25)11-24(16)20(26)15-9-22(10-15)4-3-5-22/h6-7,15-17H,3-5,8-12H2,1-2H3/t16-,17-/m0/s1. The van der Waals surface area contributed by atoms with E-state index in [1.807, 2.05) is 30.9 Å². The van der Waals surface area contributed by atoms with Crippen LogP contribution in [0.3, 0.4) is 0 Å². The van der Waals surface area contributed by atoms with Crippen LogP contribution in [-0.4, -0.2) is 46.8 Å². The second kappa shape index (κ2) is 5.97. The Balaban J connectivity index is 1.25. The number of fused-ring (bicyclic) bond motifs is 2. The largest absolute Gasteiger partial charge is 0.336 e. The summed E-state index contributed by atoms with van der Waals surface area (Å²) in [6.07, 6.45) is 7.13. The highest BCUT2D eigenvalue weighted by molar-refractivity contribution is 6.31. The van der Waals surface area contributed by atoms with Crippen LogP contribution in [-0.2, 0) is 4.79 Å². The Bertz CT molecular complexity index is 824. The van der Waals surface area contributed by atoms with Gasteiger partial charge in [-0.05, 0) is 74.6 Å². The number of carbonyl (C=O) groups is 2. The third kappa shape index (κ3) is 2.63. The number of carbonyl (C=O) groups excluding carboxylic acids is 2. The zero-order valence-electron chi connectivity index (χ0n) is 16.1. The number of benzene rings is 1. The minimum absolute atomic E-state index is 0.0870. The van der Waals surface area contributed by atoms with Crippen molar-refractivity contribution in [3.05, 3.63) is 33.8 Å². The number of halogens is 1. The van der Waals surface area contributed by atoms with Crippen molar-refractivity contribution in [2.24, 2.45) is 11.3 Å². The van der Waals surface area contributed by atoms with Gasteiger partial charge in [0, 0.05) is 29.6 Å². The molecule has 2 heterocycles. The lowest BCUT2D eigenvalue weighted by Crippen LogP contribution is -2.55. The lowest BCUT2D eigenvalue weighted by atomic mass is 9.51. The van der Waals surface area contributed by atoms with Crippen LogP contribution in [0.4, 0.5) is 0 Å². The van der Waals surface area contributed by atoms with Crippen LogP contribution >= 0.6 is 11.6 Å². The molecule has 1 aromatic rings. The molecule has 4 nitrogen and oxygen atoms in total. The van der Waals surface area contributed by atoms with Crippen molar-refractivity contribution in [3.63, 3.8) is 0 Å². The maximum absolute atomic E-state index is 13.1. The van der Waals surface area contributed by atoms with E-state index in [1.165, 1.54) is 19.3 Å². The van der Waals surface area contributed by atoms with Crippen LogP contribution in [0.1, 0.15) is 60.0 Å². The van der Waals surface area contributed by atoms with Crippen LogP contribution in [0.2, 0.25) is 5.02 Å². The molecule has 0 radical (unpaired) electrons. The van der Waals surface area contributed by atoms with Crippen LogP contribution in [0.15, 0.2) is 12.1 Å². The molecule has 2 aliphatic heterocycles. The summed E-state index contributed by atoms with van der Waals surface area (Å²) in [5, 5.41) is 0.702. The topological polar surface area (TPSA) is 40.6 Å². The Morgan fingerprint density at radius 2 is 1.70 bits per heavy atom. The first-order valence-corrected chi connectivity index (χ1v) is 10.6. The first-order valence-electron chi connectivity index (χ1n) is 10.3. The van der Waals surface area contributed by atoms with Crippen molar-refractivity contribution >= 4 is 23.4 Å². The van der Waals surface area contributed by atoms with Crippen LogP contribution in [0.5, 0.6) is 0 Å². The van der Waals surface area contributed by atoms with Gasteiger partial charge in [0.1, 0.15) is 0 Å². The molecule has 5 rings (SSSR count). The summed E-state index contributed by atoms with van der Waals surface area (Å²) in [7, 11) is 0. The molecule has 2 atom stereocenters. The Morgan fingerprint density at radius 1 is 1.04 bits per heavy atom. The van der Waals surface area contributed by atoms with Crippen LogP contribution in [0.25, 0.3) is 0 Å². The number of hydrogen-bond donors (Lipinski definition) is 0. The Hall–Kier alpha value is -1.55. The Kier molecular flexibility index (Phi) is 3.88. The zero-order valence-corrected chi connectivity index (χ0v) is 16.9. The summed E-state index contributed by atoms with van der Waals surface area (Å²) in [5.41, 5.74) is 3.13. The lowest BCUT2D eigenvalue weighted by Gasteiger charge is -2.54. The summed E-state index contributed by atoms with van der Waals surface area (Å²) in [4.78, 5) is 30.1. The van der Waals surface area contributed by atoms with Crippen molar-refractivity contribution in [1.82, 2.24) is 9.80 Å². The predicted molar refractivity (Wildman–Crippen MR) is 105 cm³/mol. The van der Waals surface area contributed by atoms with Gasteiger partial charge in [-0.15, -0.1) is 0 Å². The van der Waals surface area contributed by atoms with Gasteiger partial charge in [-0.3, -0.25) is 9.59 Å². The summed E-state index contributed by atoms with van der Waals surface area (Å²) in [6, 6.07) is 4.15. The molecule has 2 amide bonds. The predicted octanol–water partition coefficient (Wildman–Crippen LogP) is 3.96. The molecular weight excluding hydrogens is 360 g/mol. The molecule has 0 N–H and O–H groups in total. The number of hydrogen-bond acceptors (Lipinski definition) is 2. The van der Waals surface area contributed by atoms with Gasteiger partial charge in [0.05, 0.1) is 12.1 Å². The SMILES string of the molecule is Cc1cc(C(=O)N2C[C@@H]3C[C@H]2CN3C(=O)C2CC3(CCC3)C2)c(C)cc1Cl. The van der Waals surface area contributed by atoms with E-state index in [4.69, 9.17) is 11.6 Å². The fourth-order valence-electron chi connectivity index (χ4n) is 5.83. The average Bonchev–Trinajstić information content (AvgIpc) is 3.15. The molecule has 2 aliphatic carbocycles. The first kappa shape index (κ1) is 17.5. The maximum Gasteiger partial charge on any atom is 0.254 e. The normalized spacial score (nSPS) is 28.4. The molecule has 144 valence electrons. The summed E-state index contributed by atoms with van der Waals surface area (Å²) < 4.78 is 0. The summed E-state index contributed by atoms with van der Waals surface area (Å²) >= 11 is 6.18. The highest BCUT2D eigenvalue weighted by Crippen LogP contribution is 2.59. The first-order chi connectivity index (χ1) is 12.9. The molecule has 4 fully saturated rings. The highest BCUT2D eigenvalue weighted by atomic mass is 35.5. The number of nitrogens with zero attached hydrogens (tertiary/aromatic N) is 2. The van der Waals surface area contributed by atoms with Gasteiger partial charge in [-0.2, -0.15) is 0 Å². The van der Waals surface area contributed by atoms with Gasteiger partial charge in [0.25, 0.3) is 5.91 Å². The molecule has 4 aliphatic rings. The number of piperazine rings is 1. The molecule has 2 bridgehead atoms. The van der Waals surface area contributed by atoms with E-state index in [0.717, 1.165) is 36.0 Å². The van der Waals surface area contributed by atoms with Gasteiger partial charge in [-0.1, -0.05) is 18.0 Å². The smallest absolute Gasteiger partial charge is 0.254 e. The quantitative estimate of drug-likeness (QED) is 0.771. The van der Waals surface area contributed by atoms with E-state index in [9.17, 15) is 9.59 Å². The maximum atomic E-state index is 13.1. The third-order valence-corrected chi connectivity index (χ3v) is 8.05. The molecule has 5 heteroatoms. The average molecular weight is 387 g/mol. The fraction of sp³-hybridized carbons (Fsp3) is 0.636. The molecule has 1 aromatic carbocycles. The summed E-state index contributed by atoms with van der Waals surface area (Å²) in [5.74, 6) is 0.685. The second-order valence-electron chi connectivity index (χ2n) is 9.37. The minimum atomic E-state index is 0.0870. The second-order valence-corrected chi connectivity index (χ2v) is 9.77. The lowest BCUT2D eigenvalue weighted by molar-refractivity contribution is -0.149. The van der Waals surface area contributed by atoms with Gasteiger partial charge >= 0.3 is 0 Å². The van der Waals surface area contributed by atoms with Crippen molar-refractivity contribution in [2.75, 3.05) is 13.1 Å². The van der Waals surface area contributed by atoms with E-state index < -0.39 is 0 Å². The number of aryl methyl sites for hydroxylation is 2. The third-order valence-electron chi connectivity index (χ3n) is 7.64. The Morgan fingerprint density at radius 3 is 2.30 bits per heavy atom. The number of likely N-dealkylation sites (tertiary alicyclic amines) is 2. The Labute approximate surface area is 165 Å². The van der Waals surface area contributed by atoms with Crippen molar-refractivity contribution < 1.29 is 9.59 Å². The van der Waals surface area contributed by atoms with Crippen molar-refractivity contribution in [1.29, 1.82) is 0 Å². The monoisotopic (exact) mass is 386 g/mol. The van der Waals surface area contributed by atoms with Gasteiger partial charge < -0.3 is 9.80 Å². The fourth-order valence-corrected chi connectivity index (χ4v) is 6.05. The van der Waals surface area contributed by atoms with Crippen molar-refractivity contribution in [2.45, 2.75) is 64.5 Å². The molecule has 2 saturated heterocycles. The molecule has 0 aromatic heterocycles. The molecule has 27 heavy (non-hydrogen) atoms. The van der Waals surface area contributed by atoms with E-state index in [-0.39, 0.29) is 23.9 Å². The summed E-state index contributed by atoms with van der Waals surface area (Å²) in [6.45, 7) is 5.26. The molecular formula is C22H27ClN2O2. The molecule has 1 spiro atoms. The zero-order chi connectivity index (χ0) is 18.9. The number of rotatable bonds is 2. The van der Waals surface area contributed by atoms with E-state index in [2.05, 4.69) is 4.90 Å². The molecule has 0 unspecified atom stereocenters. The van der Waals surface area contributed by atoms with Crippen LogP contribution < -0.4 is 0 Å². The minimum Gasteiger partial charge on any atom is -0.336 e. The van der Waals surface area contributed by atoms with E-state index >= 15 is 0 Å². The van der Waals surface area contributed by atoms with E-state index in [1.54, 1.807) is 0 Å². The highest BCUT2D eigenvalue weighted by Gasteiger charge is 2.54.